The number of ether oxygens (including phenoxy) is 2. The summed E-state index contributed by atoms with van der Waals surface area (Å²) in [4.78, 5) is 18.7. The lowest BCUT2D eigenvalue weighted by Gasteiger charge is -2.28. The zero-order valence-electron chi connectivity index (χ0n) is 22.4. The van der Waals surface area contributed by atoms with Crippen LogP contribution in [0.4, 0.5) is 0 Å². The minimum absolute atomic E-state index is 0. The fourth-order valence-corrected chi connectivity index (χ4v) is 4.58. The average Bonchev–Trinajstić information content (AvgIpc) is 3.31. The lowest BCUT2D eigenvalue weighted by molar-refractivity contribution is 0.0995. The van der Waals surface area contributed by atoms with Crippen LogP contribution in [0.1, 0.15) is 29.8 Å². The van der Waals surface area contributed by atoms with Crippen molar-refractivity contribution in [3.8, 4) is 17.4 Å². The Balaban J connectivity index is 0.00000370. The summed E-state index contributed by atoms with van der Waals surface area (Å²) in [6.45, 7) is 4.77. The second-order valence-electron chi connectivity index (χ2n) is 10.3. The van der Waals surface area contributed by atoms with E-state index in [0.29, 0.717) is 23.7 Å². The molecule has 0 radical (unpaired) electrons. The first-order valence-corrected chi connectivity index (χ1v) is 12.9. The molecule has 1 amide bonds. The highest BCUT2D eigenvalue weighted by molar-refractivity contribution is 6.10. The number of nitrogens with one attached hydrogen (secondary N) is 2. The number of pyridine rings is 1. The van der Waals surface area contributed by atoms with Gasteiger partial charge < -0.3 is 30.6 Å². The van der Waals surface area contributed by atoms with Crippen LogP contribution in [0, 0.1) is 0 Å². The van der Waals surface area contributed by atoms with Gasteiger partial charge >= 0.3 is 0 Å². The van der Waals surface area contributed by atoms with E-state index in [1.165, 1.54) is 6.20 Å². The summed E-state index contributed by atoms with van der Waals surface area (Å²) in [6, 6.07) is 25.0. The van der Waals surface area contributed by atoms with Gasteiger partial charge in [0.25, 0.3) is 0 Å². The monoisotopic (exact) mass is 560 g/mol. The first-order chi connectivity index (χ1) is 18.8. The molecule has 0 saturated heterocycles. The van der Waals surface area contributed by atoms with Gasteiger partial charge in [-0.3, -0.25) is 4.79 Å². The zero-order valence-corrected chi connectivity index (χ0v) is 23.2. The van der Waals surface area contributed by atoms with Crippen LogP contribution in [0.15, 0.2) is 85.1 Å². The van der Waals surface area contributed by atoms with E-state index in [-0.39, 0.29) is 24.6 Å². The van der Waals surface area contributed by atoms with Gasteiger partial charge in [0.15, 0.2) is 0 Å². The van der Waals surface area contributed by atoms with Crippen LogP contribution in [-0.4, -0.2) is 45.8 Å². The third kappa shape index (κ3) is 6.90. The number of amides is 1. The molecule has 0 saturated carbocycles. The van der Waals surface area contributed by atoms with Gasteiger partial charge in [-0.2, -0.15) is 0 Å². The van der Waals surface area contributed by atoms with E-state index in [0.717, 1.165) is 39.5 Å². The Morgan fingerprint density at radius 3 is 2.50 bits per heavy atom. The van der Waals surface area contributed by atoms with Crippen molar-refractivity contribution in [1.82, 2.24) is 15.3 Å². The number of halogens is 1. The molecule has 40 heavy (non-hydrogen) atoms. The molecule has 8 nitrogen and oxygen atoms in total. The predicted octanol–water partition coefficient (Wildman–Crippen LogP) is 5.38. The van der Waals surface area contributed by atoms with Crippen molar-refractivity contribution in [2.75, 3.05) is 13.2 Å². The molecule has 9 heteroatoms. The number of nitrogens with zero attached hydrogens (tertiary/aromatic N) is 1. The topological polar surface area (TPSA) is 122 Å². The number of aliphatic hydroxyl groups excluding tert-OH is 1. The van der Waals surface area contributed by atoms with Crippen LogP contribution >= 0.6 is 12.4 Å². The number of β-amino-alcohol motifs (C(OH)–C–C–N with tert-alkyl or cyclic N) is 1. The second-order valence-corrected chi connectivity index (χ2v) is 10.3. The Morgan fingerprint density at radius 2 is 1.77 bits per heavy atom. The van der Waals surface area contributed by atoms with Crippen molar-refractivity contribution in [2.45, 2.75) is 31.9 Å². The van der Waals surface area contributed by atoms with Crippen molar-refractivity contribution < 1.29 is 19.4 Å². The van der Waals surface area contributed by atoms with E-state index in [9.17, 15) is 9.90 Å². The summed E-state index contributed by atoms with van der Waals surface area (Å²) in [7, 11) is 0. The number of benzene rings is 3. The van der Waals surface area contributed by atoms with Crippen molar-refractivity contribution >= 4 is 40.1 Å². The molecule has 0 spiro atoms. The molecular formula is C31H33ClN4O4. The van der Waals surface area contributed by atoms with Gasteiger partial charge in [0.05, 0.1) is 11.1 Å². The molecule has 1 atom stereocenters. The standard InChI is InChI=1S/C31H32N4O4.ClH/c1-31(2,16-20-10-13-23(14-11-20)39-28-15-12-21(17-33-28)30(32)37)34-18-22(36)19-38-27-9-5-8-26-29(27)24-6-3-4-7-25(24)35-26;/h3-15,17,22,34-36H,16,18-19H2,1-2H3,(H2,32,37);1H/t22-;/m0./s1. The highest BCUT2D eigenvalue weighted by atomic mass is 35.5. The molecule has 0 aliphatic rings. The second kappa shape index (κ2) is 12.4. The molecule has 2 heterocycles. The maximum Gasteiger partial charge on any atom is 0.250 e. The first kappa shape index (κ1) is 28.9. The van der Waals surface area contributed by atoms with E-state index >= 15 is 0 Å². The Morgan fingerprint density at radius 1 is 1.02 bits per heavy atom. The van der Waals surface area contributed by atoms with Gasteiger partial charge in [-0.15, -0.1) is 12.4 Å². The number of para-hydroxylation sites is 1. The van der Waals surface area contributed by atoms with Crippen LogP contribution in [0.2, 0.25) is 0 Å². The smallest absolute Gasteiger partial charge is 0.250 e. The third-order valence-electron chi connectivity index (χ3n) is 6.55. The number of aromatic amines is 1. The van der Waals surface area contributed by atoms with Gasteiger partial charge in [-0.25, -0.2) is 4.98 Å². The Hall–Kier alpha value is -4.11. The summed E-state index contributed by atoms with van der Waals surface area (Å²) >= 11 is 0. The Bertz CT molecular complexity index is 1580. The summed E-state index contributed by atoms with van der Waals surface area (Å²) in [5.41, 5.74) is 8.50. The molecule has 3 aromatic carbocycles. The zero-order chi connectivity index (χ0) is 27.4. The molecule has 208 valence electrons. The number of carbonyl (C=O) groups excluding carboxylic acids is 1. The summed E-state index contributed by atoms with van der Waals surface area (Å²) in [6.07, 6.45) is 1.47. The lowest BCUT2D eigenvalue weighted by Crippen LogP contribution is -2.46. The van der Waals surface area contributed by atoms with Crippen molar-refractivity contribution in [2.24, 2.45) is 5.73 Å². The van der Waals surface area contributed by atoms with E-state index in [1.54, 1.807) is 12.1 Å². The fourth-order valence-electron chi connectivity index (χ4n) is 4.58. The van der Waals surface area contributed by atoms with Gasteiger partial charge in [0, 0.05) is 40.6 Å². The molecule has 0 bridgehead atoms. The Kier molecular flexibility index (Phi) is 8.94. The maximum absolute atomic E-state index is 11.2. The predicted molar refractivity (Wildman–Crippen MR) is 160 cm³/mol. The van der Waals surface area contributed by atoms with E-state index in [1.807, 2.05) is 60.7 Å². The summed E-state index contributed by atoms with van der Waals surface area (Å²) < 4.78 is 11.8. The van der Waals surface area contributed by atoms with Crippen LogP contribution < -0.4 is 20.5 Å². The van der Waals surface area contributed by atoms with Gasteiger partial charge in [0.2, 0.25) is 11.8 Å². The molecule has 2 aromatic heterocycles. The van der Waals surface area contributed by atoms with Crippen LogP contribution in [0.25, 0.3) is 21.8 Å². The third-order valence-corrected chi connectivity index (χ3v) is 6.55. The van der Waals surface area contributed by atoms with Gasteiger partial charge in [-0.1, -0.05) is 36.4 Å². The van der Waals surface area contributed by atoms with Crippen LogP contribution in [-0.2, 0) is 6.42 Å². The van der Waals surface area contributed by atoms with E-state index in [2.05, 4.69) is 35.2 Å². The average molecular weight is 561 g/mol. The SMILES string of the molecule is CC(C)(Cc1ccc(Oc2ccc(C(N)=O)cn2)cc1)NC[C@H](O)COc1cccc2[nH]c3ccccc3c12.Cl. The molecule has 5 rings (SSSR count). The number of nitrogens with two attached hydrogens (primary N) is 1. The van der Waals surface area contributed by atoms with E-state index < -0.39 is 12.0 Å². The number of hydrogen-bond donors (Lipinski definition) is 4. The largest absolute Gasteiger partial charge is 0.490 e. The molecule has 5 aromatic rings. The van der Waals surface area contributed by atoms with Crippen molar-refractivity contribution in [3.63, 3.8) is 0 Å². The quantitative estimate of drug-likeness (QED) is 0.172. The molecule has 0 aliphatic carbocycles. The minimum Gasteiger partial charge on any atom is -0.490 e. The number of rotatable bonds is 11. The number of carbonyl (C=O) groups is 1. The van der Waals surface area contributed by atoms with Crippen molar-refractivity contribution in [3.05, 3.63) is 96.2 Å². The number of hydrogen-bond acceptors (Lipinski definition) is 6. The summed E-state index contributed by atoms with van der Waals surface area (Å²) in [5.74, 6) is 1.25. The molecule has 0 aliphatic heterocycles. The highest BCUT2D eigenvalue weighted by Gasteiger charge is 2.20. The van der Waals surface area contributed by atoms with Crippen molar-refractivity contribution in [1.29, 1.82) is 0 Å². The normalized spacial score (nSPS) is 12.2. The number of aromatic nitrogens is 2. The first-order valence-electron chi connectivity index (χ1n) is 12.9. The highest BCUT2D eigenvalue weighted by Crippen LogP contribution is 2.33. The lowest BCUT2D eigenvalue weighted by atomic mass is 9.94. The van der Waals surface area contributed by atoms with Crippen LogP contribution in [0.5, 0.6) is 17.4 Å². The molecule has 0 unspecified atom stereocenters. The maximum atomic E-state index is 11.2. The number of aliphatic hydroxyl groups is 1. The number of primary amides is 1. The number of H-pyrrole nitrogens is 1. The van der Waals surface area contributed by atoms with Crippen LogP contribution in [0.3, 0.4) is 0 Å². The van der Waals surface area contributed by atoms with Gasteiger partial charge in [-0.05, 0) is 62.2 Å². The Labute approximate surface area is 238 Å². The fraction of sp³-hybridized carbons (Fsp3) is 0.226. The number of fused-ring (bicyclic) bond motifs is 3. The van der Waals surface area contributed by atoms with E-state index in [4.69, 9.17) is 15.2 Å². The molecule has 5 N–H and O–H groups in total. The minimum atomic E-state index is -0.672. The summed E-state index contributed by atoms with van der Waals surface area (Å²) in [5, 5.41) is 16.2. The van der Waals surface area contributed by atoms with Gasteiger partial charge in [0.1, 0.15) is 24.2 Å². The molecule has 0 fully saturated rings. The molecular weight excluding hydrogens is 528 g/mol.